The first-order valence-electron chi connectivity index (χ1n) is 5.50. The summed E-state index contributed by atoms with van der Waals surface area (Å²) in [6.07, 6.45) is 4.74. The van der Waals surface area contributed by atoms with Gasteiger partial charge in [0.15, 0.2) is 0 Å². The van der Waals surface area contributed by atoms with E-state index in [9.17, 15) is 4.79 Å². The lowest BCUT2D eigenvalue weighted by Gasteiger charge is -2.10. The number of halogens is 1. The molecule has 1 aliphatic rings. The van der Waals surface area contributed by atoms with E-state index in [0.29, 0.717) is 16.1 Å². The van der Waals surface area contributed by atoms with Crippen molar-refractivity contribution in [3.63, 3.8) is 0 Å². The monoisotopic (exact) mass is 334 g/mol. The lowest BCUT2D eigenvalue weighted by Crippen LogP contribution is -2.19. The van der Waals surface area contributed by atoms with Crippen LogP contribution < -0.4 is 5.56 Å². The smallest absolute Gasteiger partial charge is 0.264 e. The predicted octanol–water partition coefficient (Wildman–Crippen LogP) is 2.18. The number of rotatable bonds is 3. The summed E-state index contributed by atoms with van der Waals surface area (Å²) in [4.78, 5) is 19.1. The maximum atomic E-state index is 11.7. The highest BCUT2D eigenvalue weighted by atomic mass is 127. The highest BCUT2D eigenvalue weighted by Gasteiger charge is 2.21. The molecular formula is C11H15IN2O2. The average molecular weight is 334 g/mol. The summed E-state index contributed by atoms with van der Waals surface area (Å²) >= 11 is 2.02. The largest absolute Gasteiger partial charge is 0.378 e. The Labute approximate surface area is 108 Å². The molecule has 0 spiro atoms. The molecule has 1 saturated carbocycles. The third-order valence-corrected chi connectivity index (χ3v) is 4.09. The van der Waals surface area contributed by atoms with Gasteiger partial charge in [-0.1, -0.05) is 12.8 Å². The number of nitrogens with one attached hydrogen (secondary N) is 1. The lowest BCUT2D eigenvalue weighted by molar-refractivity contribution is 0.180. The molecule has 1 heterocycles. The number of hydrogen-bond donors (Lipinski definition) is 1. The van der Waals surface area contributed by atoms with E-state index < -0.39 is 0 Å². The SMILES string of the molecule is COCc1nc(C2CCCC2)[nH]c(=O)c1I. The van der Waals surface area contributed by atoms with Crippen LogP contribution in [0.4, 0.5) is 0 Å². The van der Waals surface area contributed by atoms with Crippen LogP contribution in [0.25, 0.3) is 0 Å². The van der Waals surface area contributed by atoms with E-state index in [2.05, 4.69) is 9.97 Å². The fraction of sp³-hybridized carbons (Fsp3) is 0.636. The van der Waals surface area contributed by atoms with E-state index >= 15 is 0 Å². The van der Waals surface area contributed by atoms with E-state index in [1.807, 2.05) is 22.6 Å². The van der Waals surface area contributed by atoms with Gasteiger partial charge in [0.1, 0.15) is 9.39 Å². The molecular weight excluding hydrogens is 319 g/mol. The van der Waals surface area contributed by atoms with Gasteiger partial charge in [-0.2, -0.15) is 0 Å². The van der Waals surface area contributed by atoms with Gasteiger partial charge in [0.05, 0.1) is 12.3 Å². The molecule has 0 saturated heterocycles. The van der Waals surface area contributed by atoms with Gasteiger partial charge >= 0.3 is 0 Å². The van der Waals surface area contributed by atoms with Crippen molar-refractivity contribution in [1.29, 1.82) is 0 Å². The molecule has 0 aromatic carbocycles. The van der Waals surface area contributed by atoms with Crippen LogP contribution in [0.2, 0.25) is 0 Å². The minimum Gasteiger partial charge on any atom is -0.378 e. The molecule has 1 aliphatic carbocycles. The number of nitrogens with zero attached hydrogens (tertiary/aromatic N) is 1. The van der Waals surface area contributed by atoms with Gasteiger partial charge in [0, 0.05) is 13.0 Å². The summed E-state index contributed by atoms with van der Waals surface area (Å²) in [6.45, 7) is 0.405. The Morgan fingerprint density at radius 3 is 2.81 bits per heavy atom. The highest BCUT2D eigenvalue weighted by Crippen LogP contribution is 2.31. The van der Waals surface area contributed by atoms with Crippen LogP contribution >= 0.6 is 22.6 Å². The minimum absolute atomic E-state index is 0.0375. The molecule has 0 bridgehead atoms. The molecule has 1 aromatic heterocycles. The summed E-state index contributed by atoms with van der Waals surface area (Å²) in [5, 5.41) is 0. The molecule has 16 heavy (non-hydrogen) atoms. The molecule has 0 unspecified atom stereocenters. The second-order valence-electron chi connectivity index (χ2n) is 4.13. The van der Waals surface area contributed by atoms with Gasteiger partial charge in [-0.25, -0.2) is 4.98 Å². The van der Waals surface area contributed by atoms with E-state index in [1.165, 1.54) is 12.8 Å². The van der Waals surface area contributed by atoms with Crippen LogP contribution in [-0.4, -0.2) is 17.1 Å². The van der Waals surface area contributed by atoms with E-state index in [4.69, 9.17) is 4.74 Å². The third-order valence-electron chi connectivity index (χ3n) is 2.97. The lowest BCUT2D eigenvalue weighted by atomic mass is 10.1. The summed E-state index contributed by atoms with van der Waals surface area (Å²) in [7, 11) is 1.62. The zero-order valence-corrected chi connectivity index (χ0v) is 11.4. The van der Waals surface area contributed by atoms with Crippen molar-refractivity contribution >= 4 is 22.6 Å². The summed E-state index contributed by atoms with van der Waals surface area (Å²) < 4.78 is 5.70. The maximum absolute atomic E-state index is 11.7. The van der Waals surface area contributed by atoms with Crippen molar-refractivity contribution in [3.05, 3.63) is 25.4 Å². The van der Waals surface area contributed by atoms with Crippen LogP contribution in [0.3, 0.4) is 0 Å². The topological polar surface area (TPSA) is 55.0 Å². The van der Waals surface area contributed by atoms with Crippen LogP contribution in [0, 0.1) is 3.57 Å². The normalized spacial score (nSPS) is 16.9. The van der Waals surface area contributed by atoms with Gasteiger partial charge < -0.3 is 9.72 Å². The highest BCUT2D eigenvalue weighted by molar-refractivity contribution is 14.1. The van der Waals surface area contributed by atoms with Crippen molar-refractivity contribution in [2.75, 3.05) is 7.11 Å². The van der Waals surface area contributed by atoms with Crippen molar-refractivity contribution in [1.82, 2.24) is 9.97 Å². The van der Waals surface area contributed by atoms with Gasteiger partial charge in [-0.3, -0.25) is 4.79 Å². The molecule has 0 aliphatic heterocycles. The zero-order valence-electron chi connectivity index (χ0n) is 9.25. The summed E-state index contributed by atoms with van der Waals surface area (Å²) in [6, 6.07) is 0. The Balaban J connectivity index is 2.35. The van der Waals surface area contributed by atoms with Crippen LogP contribution in [0.15, 0.2) is 4.79 Å². The molecule has 2 rings (SSSR count). The third kappa shape index (κ3) is 2.45. The Morgan fingerprint density at radius 2 is 2.19 bits per heavy atom. The van der Waals surface area contributed by atoms with Gasteiger partial charge in [-0.15, -0.1) is 0 Å². The Morgan fingerprint density at radius 1 is 1.50 bits per heavy atom. The fourth-order valence-corrected chi connectivity index (χ4v) is 2.56. The van der Waals surface area contributed by atoms with Crippen LogP contribution in [-0.2, 0) is 11.3 Å². The zero-order chi connectivity index (χ0) is 11.5. The molecule has 5 heteroatoms. The second kappa shape index (κ2) is 5.27. The fourth-order valence-electron chi connectivity index (χ4n) is 2.15. The average Bonchev–Trinajstić information content (AvgIpc) is 2.78. The van der Waals surface area contributed by atoms with Crippen LogP contribution in [0.1, 0.15) is 43.1 Å². The minimum atomic E-state index is -0.0375. The van der Waals surface area contributed by atoms with E-state index in [1.54, 1.807) is 7.11 Å². The number of ether oxygens (including phenoxy) is 1. The van der Waals surface area contributed by atoms with Gasteiger partial charge in [-0.05, 0) is 35.4 Å². The van der Waals surface area contributed by atoms with Crippen LogP contribution in [0.5, 0.6) is 0 Å². The Bertz CT molecular complexity index is 424. The second-order valence-corrected chi connectivity index (χ2v) is 5.20. The first-order valence-corrected chi connectivity index (χ1v) is 6.57. The van der Waals surface area contributed by atoms with Crippen molar-refractivity contribution in [2.45, 2.75) is 38.2 Å². The van der Waals surface area contributed by atoms with E-state index in [-0.39, 0.29) is 5.56 Å². The number of aromatic amines is 1. The number of aromatic nitrogens is 2. The molecule has 0 atom stereocenters. The standard InChI is InChI=1S/C11H15IN2O2/c1-16-6-8-9(12)11(15)14-10(13-8)7-4-2-3-5-7/h7H,2-6H2,1H3,(H,13,14,15). The maximum Gasteiger partial charge on any atom is 0.264 e. The predicted molar refractivity (Wildman–Crippen MR) is 69.5 cm³/mol. The van der Waals surface area contributed by atoms with Gasteiger partial charge in [0.2, 0.25) is 0 Å². The Kier molecular flexibility index (Phi) is 3.96. The molecule has 0 radical (unpaired) electrons. The van der Waals surface area contributed by atoms with Crippen molar-refractivity contribution in [2.24, 2.45) is 0 Å². The molecule has 0 amide bonds. The van der Waals surface area contributed by atoms with Crippen molar-refractivity contribution in [3.8, 4) is 0 Å². The summed E-state index contributed by atoms with van der Waals surface area (Å²) in [5.74, 6) is 1.27. The first kappa shape index (κ1) is 12.0. The molecule has 1 aromatic rings. The van der Waals surface area contributed by atoms with Gasteiger partial charge in [0.25, 0.3) is 5.56 Å². The Hall–Kier alpha value is -0.430. The quantitative estimate of drug-likeness (QED) is 0.862. The number of hydrogen-bond acceptors (Lipinski definition) is 3. The molecule has 4 nitrogen and oxygen atoms in total. The first-order chi connectivity index (χ1) is 7.72. The number of methoxy groups -OCH3 is 1. The van der Waals surface area contributed by atoms with Crippen molar-refractivity contribution < 1.29 is 4.74 Å². The van der Waals surface area contributed by atoms with E-state index in [0.717, 1.165) is 24.4 Å². The number of H-pyrrole nitrogens is 1. The summed E-state index contributed by atoms with van der Waals surface area (Å²) in [5.41, 5.74) is 0.721. The molecule has 1 N–H and O–H groups in total. The molecule has 88 valence electrons. The molecule has 1 fully saturated rings.